The first-order valence-electron chi connectivity index (χ1n) is 7.11. The predicted octanol–water partition coefficient (Wildman–Crippen LogP) is 4.75. The van der Waals surface area contributed by atoms with Crippen molar-refractivity contribution in [3.8, 4) is 11.5 Å². The molecule has 4 heteroatoms. The van der Waals surface area contributed by atoms with Crippen LogP contribution in [0.3, 0.4) is 0 Å². The molecule has 0 aromatic heterocycles. The Morgan fingerprint density at radius 2 is 1.67 bits per heavy atom. The molecule has 0 aliphatic rings. The van der Waals surface area contributed by atoms with Gasteiger partial charge in [0, 0.05) is 23.3 Å². The van der Waals surface area contributed by atoms with Gasteiger partial charge in [0.1, 0.15) is 0 Å². The highest BCUT2D eigenvalue weighted by atomic mass is 35.5. The molecule has 0 heterocycles. The Morgan fingerprint density at radius 3 is 2.38 bits per heavy atom. The van der Waals surface area contributed by atoms with Crippen LogP contribution in [-0.4, -0.2) is 13.2 Å². The maximum Gasteiger partial charge on any atom is 0.163 e. The lowest BCUT2D eigenvalue weighted by molar-refractivity contribution is 0.288. The van der Waals surface area contributed by atoms with Crippen LogP contribution >= 0.6 is 11.6 Å². The number of hydrogen-bond acceptors (Lipinski definition) is 3. The zero-order valence-electron chi connectivity index (χ0n) is 12.4. The molecule has 0 bridgehead atoms. The standard InChI is InChI=1S/C17H20ClNO2/c1-3-20-16-10-9-14(11-17(16)21-4-2)19-12-13-7-5-6-8-15(13)18/h5-11,19H,3-4,12H2,1-2H3. The van der Waals surface area contributed by atoms with Crippen LogP contribution in [0.15, 0.2) is 42.5 Å². The summed E-state index contributed by atoms with van der Waals surface area (Å²) in [5.41, 5.74) is 2.04. The number of rotatable bonds is 7. The van der Waals surface area contributed by atoms with E-state index in [0.29, 0.717) is 19.8 Å². The first-order chi connectivity index (χ1) is 10.2. The van der Waals surface area contributed by atoms with Crippen molar-refractivity contribution in [1.82, 2.24) is 0 Å². The van der Waals surface area contributed by atoms with Gasteiger partial charge < -0.3 is 14.8 Å². The summed E-state index contributed by atoms with van der Waals surface area (Å²) in [5, 5.41) is 4.11. The summed E-state index contributed by atoms with van der Waals surface area (Å²) in [4.78, 5) is 0. The molecule has 1 N–H and O–H groups in total. The molecule has 2 aromatic rings. The van der Waals surface area contributed by atoms with Crippen LogP contribution in [0.25, 0.3) is 0 Å². The van der Waals surface area contributed by atoms with Gasteiger partial charge in [0.15, 0.2) is 11.5 Å². The van der Waals surface area contributed by atoms with Gasteiger partial charge in [0.2, 0.25) is 0 Å². The second kappa shape index (κ2) is 7.79. The lowest BCUT2D eigenvalue weighted by atomic mass is 10.2. The zero-order chi connectivity index (χ0) is 15.1. The largest absolute Gasteiger partial charge is 0.490 e. The van der Waals surface area contributed by atoms with E-state index in [-0.39, 0.29) is 0 Å². The van der Waals surface area contributed by atoms with E-state index in [1.54, 1.807) is 0 Å². The Morgan fingerprint density at radius 1 is 0.952 bits per heavy atom. The number of benzene rings is 2. The van der Waals surface area contributed by atoms with Gasteiger partial charge in [-0.25, -0.2) is 0 Å². The minimum atomic E-state index is 0.605. The minimum Gasteiger partial charge on any atom is -0.490 e. The van der Waals surface area contributed by atoms with E-state index in [1.807, 2.05) is 56.3 Å². The second-order valence-corrected chi connectivity index (χ2v) is 4.88. The summed E-state index contributed by atoms with van der Waals surface area (Å²) in [6, 6.07) is 13.7. The highest BCUT2D eigenvalue weighted by Crippen LogP contribution is 2.31. The predicted molar refractivity (Wildman–Crippen MR) is 87.6 cm³/mol. The van der Waals surface area contributed by atoms with Crippen molar-refractivity contribution >= 4 is 17.3 Å². The van der Waals surface area contributed by atoms with E-state index in [4.69, 9.17) is 21.1 Å². The Hall–Kier alpha value is -1.87. The zero-order valence-corrected chi connectivity index (χ0v) is 13.1. The highest BCUT2D eigenvalue weighted by molar-refractivity contribution is 6.31. The number of nitrogens with one attached hydrogen (secondary N) is 1. The van der Waals surface area contributed by atoms with Gasteiger partial charge >= 0.3 is 0 Å². The Labute approximate surface area is 130 Å². The molecule has 0 saturated carbocycles. The third-order valence-electron chi connectivity index (χ3n) is 2.98. The summed E-state index contributed by atoms with van der Waals surface area (Å²) in [5.74, 6) is 1.52. The first-order valence-corrected chi connectivity index (χ1v) is 7.49. The summed E-state index contributed by atoms with van der Waals surface area (Å²) >= 11 is 6.15. The molecule has 2 rings (SSSR count). The molecule has 0 unspecified atom stereocenters. The van der Waals surface area contributed by atoms with Gasteiger partial charge in [-0.3, -0.25) is 0 Å². The maximum atomic E-state index is 6.15. The molecule has 0 aliphatic heterocycles. The number of ether oxygens (including phenoxy) is 2. The van der Waals surface area contributed by atoms with E-state index >= 15 is 0 Å². The van der Waals surface area contributed by atoms with Gasteiger partial charge in [-0.05, 0) is 37.6 Å². The maximum absolute atomic E-state index is 6.15. The molecule has 0 radical (unpaired) electrons. The van der Waals surface area contributed by atoms with Gasteiger partial charge in [0.05, 0.1) is 13.2 Å². The van der Waals surface area contributed by atoms with E-state index in [9.17, 15) is 0 Å². The number of halogens is 1. The first kappa shape index (κ1) is 15.5. The fourth-order valence-electron chi connectivity index (χ4n) is 2.00. The van der Waals surface area contributed by atoms with Crippen LogP contribution in [0.2, 0.25) is 5.02 Å². The van der Waals surface area contributed by atoms with E-state index in [2.05, 4.69) is 5.32 Å². The lowest BCUT2D eigenvalue weighted by Gasteiger charge is -2.14. The molecule has 0 fully saturated rings. The molecule has 0 amide bonds. The van der Waals surface area contributed by atoms with Crippen molar-refractivity contribution < 1.29 is 9.47 Å². The Balaban J connectivity index is 2.10. The average Bonchev–Trinajstić information content (AvgIpc) is 2.49. The smallest absolute Gasteiger partial charge is 0.163 e. The SMILES string of the molecule is CCOc1ccc(NCc2ccccc2Cl)cc1OCC. The fraction of sp³-hybridized carbons (Fsp3) is 0.294. The van der Waals surface area contributed by atoms with E-state index in [1.165, 1.54) is 0 Å². The quantitative estimate of drug-likeness (QED) is 0.800. The van der Waals surface area contributed by atoms with E-state index < -0.39 is 0 Å². The third-order valence-corrected chi connectivity index (χ3v) is 3.35. The highest BCUT2D eigenvalue weighted by Gasteiger charge is 2.06. The van der Waals surface area contributed by atoms with Gasteiger partial charge in [-0.15, -0.1) is 0 Å². The fourth-order valence-corrected chi connectivity index (χ4v) is 2.20. The van der Waals surface area contributed by atoms with Crippen molar-refractivity contribution in [2.75, 3.05) is 18.5 Å². The molecule has 3 nitrogen and oxygen atoms in total. The Kier molecular flexibility index (Phi) is 5.76. The van der Waals surface area contributed by atoms with Gasteiger partial charge in [-0.2, -0.15) is 0 Å². The topological polar surface area (TPSA) is 30.5 Å². The van der Waals surface area contributed by atoms with Crippen molar-refractivity contribution in [3.63, 3.8) is 0 Å². The molecular weight excluding hydrogens is 286 g/mol. The molecule has 0 saturated heterocycles. The van der Waals surface area contributed by atoms with Gasteiger partial charge in [0.25, 0.3) is 0 Å². The molecule has 21 heavy (non-hydrogen) atoms. The van der Waals surface area contributed by atoms with Crippen LogP contribution in [0.4, 0.5) is 5.69 Å². The van der Waals surface area contributed by atoms with Crippen LogP contribution < -0.4 is 14.8 Å². The molecular formula is C17H20ClNO2. The summed E-state index contributed by atoms with van der Waals surface area (Å²) in [6.45, 7) is 5.80. The van der Waals surface area contributed by atoms with Gasteiger partial charge in [-0.1, -0.05) is 29.8 Å². The van der Waals surface area contributed by atoms with Crippen molar-refractivity contribution in [1.29, 1.82) is 0 Å². The average molecular weight is 306 g/mol. The monoisotopic (exact) mass is 305 g/mol. The van der Waals surface area contributed by atoms with Crippen LogP contribution in [0, 0.1) is 0 Å². The molecule has 0 spiro atoms. The van der Waals surface area contributed by atoms with Crippen molar-refractivity contribution in [2.24, 2.45) is 0 Å². The summed E-state index contributed by atoms with van der Waals surface area (Å²) in [7, 11) is 0. The second-order valence-electron chi connectivity index (χ2n) is 4.47. The molecule has 112 valence electrons. The lowest BCUT2D eigenvalue weighted by Crippen LogP contribution is -2.02. The summed E-state index contributed by atoms with van der Waals surface area (Å²) in [6.07, 6.45) is 0. The minimum absolute atomic E-state index is 0.605. The molecule has 2 aromatic carbocycles. The molecule has 0 atom stereocenters. The Bertz CT molecular complexity index is 587. The van der Waals surface area contributed by atoms with Crippen molar-refractivity contribution in [2.45, 2.75) is 20.4 Å². The van der Waals surface area contributed by atoms with Crippen LogP contribution in [0.1, 0.15) is 19.4 Å². The number of anilines is 1. The number of hydrogen-bond donors (Lipinski definition) is 1. The molecule has 0 aliphatic carbocycles. The summed E-state index contributed by atoms with van der Waals surface area (Å²) < 4.78 is 11.2. The normalized spacial score (nSPS) is 10.2. The van der Waals surface area contributed by atoms with Crippen LogP contribution in [0.5, 0.6) is 11.5 Å². The van der Waals surface area contributed by atoms with Crippen molar-refractivity contribution in [3.05, 3.63) is 53.1 Å². The van der Waals surface area contributed by atoms with Crippen LogP contribution in [-0.2, 0) is 6.54 Å². The third kappa shape index (κ3) is 4.30. The van der Waals surface area contributed by atoms with E-state index in [0.717, 1.165) is 27.8 Å².